The Balaban J connectivity index is 0.00000147. The molecule has 108 valence electrons. The van der Waals surface area contributed by atoms with Crippen molar-refractivity contribution in [2.24, 2.45) is 0 Å². The van der Waals surface area contributed by atoms with Gasteiger partial charge in [0.2, 0.25) is 0 Å². The van der Waals surface area contributed by atoms with E-state index in [1.165, 1.54) is 0 Å². The average Bonchev–Trinajstić information content (AvgIpc) is 3.01. The summed E-state index contributed by atoms with van der Waals surface area (Å²) < 4.78 is 23.0. The van der Waals surface area contributed by atoms with Crippen molar-refractivity contribution in [3.63, 3.8) is 0 Å². The SMILES string of the molecule is COC(C)[C@@]12CO[C@@H]([CH-]O1)[C@@H]2OCc1ccccc1.[U]. The van der Waals surface area contributed by atoms with Gasteiger partial charge in [0, 0.05) is 38.2 Å². The number of methoxy groups -OCH3 is 1. The van der Waals surface area contributed by atoms with Gasteiger partial charge in [-0.2, -0.15) is 6.61 Å². The second-order valence-corrected chi connectivity index (χ2v) is 5.08. The first-order chi connectivity index (χ1) is 9.26. The van der Waals surface area contributed by atoms with Crippen molar-refractivity contribution >= 4 is 0 Å². The monoisotopic (exact) mass is 501 g/mol. The Labute approximate surface area is 143 Å². The Hall–Kier alpha value is 0.112. The predicted molar refractivity (Wildman–Crippen MR) is 69.3 cm³/mol. The molecule has 2 aliphatic rings. The van der Waals surface area contributed by atoms with E-state index in [1.807, 2.05) is 25.1 Å². The predicted octanol–water partition coefficient (Wildman–Crippen LogP) is 1.94. The number of fused-ring (bicyclic) bond motifs is 2. The molecule has 1 aromatic rings. The van der Waals surface area contributed by atoms with Crippen molar-refractivity contribution in [1.29, 1.82) is 0 Å². The van der Waals surface area contributed by atoms with Crippen LogP contribution < -0.4 is 0 Å². The van der Waals surface area contributed by atoms with Crippen LogP contribution in [-0.2, 0) is 25.6 Å². The molecule has 4 atom stereocenters. The van der Waals surface area contributed by atoms with Gasteiger partial charge in [0.05, 0.1) is 25.4 Å². The first kappa shape index (κ1) is 16.5. The molecule has 4 nitrogen and oxygen atoms in total. The van der Waals surface area contributed by atoms with Crippen molar-refractivity contribution < 1.29 is 50.1 Å². The summed E-state index contributed by atoms with van der Waals surface area (Å²) in [6.45, 7) is 4.79. The third-order valence-electron chi connectivity index (χ3n) is 4.02. The maximum atomic E-state index is 6.04. The van der Waals surface area contributed by atoms with E-state index in [-0.39, 0.29) is 49.4 Å². The van der Waals surface area contributed by atoms with Gasteiger partial charge in [-0.1, -0.05) is 30.3 Å². The molecule has 0 aromatic heterocycles. The van der Waals surface area contributed by atoms with E-state index in [1.54, 1.807) is 13.7 Å². The van der Waals surface area contributed by atoms with Crippen LogP contribution in [0.25, 0.3) is 0 Å². The Kier molecular flexibility index (Phi) is 5.70. The molecule has 0 saturated carbocycles. The average molecular weight is 501 g/mol. The number of rotatable bonds is 5. The summed E-state index contributed by atoms with van der Waals surface area (Å²) in [6, 6.07) is 10.1. The first-order valence-corrected chi connectivity index (χ1v) is 6.57. The second-order valence-electron chi connectivity index (χ2n) is 5.08. The van der Waals surface area contributed by atoms with Gasteiger partial charge in [-0.25, -0.2) is 0 Å². The molecule has 0 radical (unpaired) electrons. The van der Waals surface area contributed by atoms with Crippen LogP contribution in [0, 0.1) is 37.7 Å². The van der Waals surface area contributed by atoms with Gasteiger partial charge in [0.1, 0.15) is 5.60 Å². The second kappa shape index (κ2) is 6.91. The number of hydrogen-bond donors (Lipinski definition) is 0. The maximum absolute atomic E-state index is 6.04. The van der Waals surface area contributed by atoms with Gasteiger partial charge in [0.25, 0.3) is 0 Å². The van der Waals surface area contributed by atoms with Crippen LogP contribution in [0.2, 0.25) is 0 Å². The molecule has 0 aliphatic carbocycles. The van der Waals surface area contributed by atoms with Crippen LogP contribution in [-0.4, -0.2) is 37.6 Å². The van der Waals surface area contributed by atoms with Gasteiger partial charge in [-0.3, -0.25) is 0 Å². The zero-order chi connectivity index (χ0) is 13.3. The van der Waals surface area contributed by atoms with Crippen LogP contribution in [0.1, 0.15) is 12.5 Å². The standard InChI is InChI=1S/C15H19O4.U/c1-11(16-2)15-10-18-13(9-19-15)14(15)17-8-12-6-4-3-5-7-12;/h3-7,9,11,13-14H,8,10H2,1-2H3;/q-1;/t11?,13-,14-,15+;/m0./s1. The summed E-state index contributed by atoms with van der Waals surface area (Å²) in [4.78, 5) is 0. The van der Waals surface area contributed by atoms with E-state index < -0.39 is 5.60 Å². The fraction of sp³-hybridized carbons (Fsp3) is 0.533. The van der Waals surface area contributed by atoms with Crippen LogP contribution >= 0.6 is 0 Å². The topological polar surface area (TPSA) is 36.9 Å². The Morgan fingerprint density at radius 1 is 1.40 bits per heavy atom. The molecular weight excluding hydrogens is 482 g/mol. The minimum Gasteiger partial charge on any atom is -0.539 e. The minimum absolute atomic E-state index is 0. The van der Waals surface area contributed by atoms with Crippen molar-refractivity contribution in [2.45, 2.75) is 37.4 Å². The summed E-state index contributed by atoms with van der Waals surface area (Å²) in [7, 11) is 1.68. The molecule has 0 N–H and O–H groups in total. The van der Waals surface area contributed by atoms with Crippen LogP contribution in [0.3, 0.4) is 0 Å². The molecule has 3 rings (SSSR count). The van der Waals surface area contributed by atoms with E-state index >= 15 is 0 Å². The molecule has 20 heavy (non-hydrogen) atoms. The normalized spacial score (nSPS) is 32.9. The zero-order valence-corrected chi connectivity index (χ0v) is 15.9. The molecule has 1 aromatic carbocycles. The fourth-order valence-electron chi connectivity index (χ4n) is 2.72. The number of ether oxygens (including phenoxy) is 4. The molecule has 2 bridgehead atoms. The van der Waals surface area contributed by atoms with E-state index in [2.05, 4.69) is 12.1 Å². The molecule has 2 saturated heterocycles. The summed E-state index contributed by atoms with van der Waals surface area (Å²) in [5.74, 6) is 0. The molecule has 2 heterocycles. The van der Waals surface area contributed by atoms with Crippen molar-refractivity contribution in [1.82, 2.24) is 0 Å². The van der Waals surface area contributed by atoms with Crippen LogP contribution in [0.4, 0.5) is 0 Å². The Morgan fingerprint density at radius 3 is 2.75 bits per heavy atom. The quantitative estimate of drug-likeness (QED) is 0.579. The molecular formula is C15H19O4U-. The third kappa shape index (κ3) is 2.85. The number of benzene rings is 1. The van der Waals surface area contributed by atoms with Gasteiger partial charge >= 0.3 is 0 Å². The van der Waals surface area contributed by atoms with Gasteiger partial charge in [0.15, 0.2) is 0 Å². The zero-order valence-electron chi connectivity index (χ0n) is 11.7. The van der Waals surface area contributed by atoms with Crippen molar-refractivity contribution in [3.05, 3.63) is 42.5 Å². The van der Waals surface area contributed by atoms with E-state index in [0.29, 0.717) is 13.2 Å². The molecule has 1 unspecified atom stereocenters. The largest absolute Gasteiger partial charge is 0.539 e. The first-order valence-electron chi connectivity index (χ1n) is 6.57. The molecule has 2 fully saturated rings. The summed E-state index contributed by atoms with van der Waals surface area (Å²) in [6.07, 6.45) is -0.277. The summed E-state index contributed by atoms with van der Waals surface area (Å²) in [5, 5.41) is 0. The van der Waals surface area contributed by atoms with Gasteiger partial charge < -0.3 is 18.9 Å². The van der Waals surface area contributed by atoms with Gasteiger partial charge in [-0.15, -0.1) is 0 Å². The smallest absolute Gasteiger partial charge is 0.112 e. The van der Waals surface area contributed by atoms with Crippen LogP contribution in [0.15, 0.2) is 30.3 Å². The van der Waals surface area contributed by atoms with Crippen molar-refractivity contribution in [2.75, 3.05) is 13.7 Å². The number of hydrogen-bond acceptors (Lipinski definition) is 4. The molecule has 2 aliphatic heterocycles. The van der Waals surface area contributed by atoms with Crippen molar-refractivity contribution in [3.8, 4) is 0 Å². The minimum atomic E-state index is -0.506. The third-order valence-corrected chi connectivity index (χ3v) is 4.02. The summed E-state index contributed by atoms with van der Waals surface area (Å²) >= 11 is 0. The molecule has 5 heteroatoms. The van der Waals surface area contributed by atoms with E-state index in [9.17, 15) is 0 Å². The molecule has 0 spiro atoms. The Bertz CT molecular complexity index is 417. The van der Waals surface area contributed by atoms with E-state index in [4.69, 9.17) is 18.9 Å². The fourth-order valence-corrected chi connectivity index (χ4v) is 2.72. The molecule has 0 amide bonds. The van der Waals surface area contributed by atoms with Gasteiger partial charge in [-0.05, 0) is 18.6 Å². The van der Waals surface area contributed by atoms with Crippen LogP contribution in [0.5, 0.6) is 0 Å². The van der Waals surface area contributed by atoms with E-state index in [0.717, 1.165) is 5.56 Å². The summed E-state index contributed by atoms with van der Waals surface area (Å²) in [5.41, 5.74) is 0.641. The maximum Gasteiger partial charge on any atom is 0.112 e. The Morgan fingerprint density at radius 2 is 2.15 bits per heavy atom.